The highest BCUT2D eigenvalue weighted by Gasteiger charge is 2.29. The van der Waals surface area contributed by atoms with E-state index in [0.29, 0.717) is 0 Å². The summed E-state index contributed by atoms with van der Waals surface area (Å²) in [6, 6.07) is 12.3. The van der Waals surface area contributed by atoms with Gasteiger partial charge < -0.3 is 15.1 Å². The van der Waals surface area contributed by atoms with Crippen LogP contribution in [0.15, 0.2) is 48.5 Å². The maximum Gasteiger partial charge on any atom is 0.323 e. The SMILES string of the molecule is CC(=O)SCC(Cc1ccccc1)C(=O)N(CC(=O)O)c1ccc(O)c([N+](=O)[O-])c1. The fourth-order valence-corrected chi connectivity index (χ4v) is 3.51. The number of benzene rings is 2. The first-order valence-corrected chi connectivity index (χ1v) is 9.85. The number of phenols is 1. The number of nitro benzene ring substituents is 1. The number of hydrogen-bond acceptors (Lipinski definition) is 7. The predicted molar refractivity (Wildman–Crippen MR) is 112 cm³/mol. The molecule has 0 fully saturated rings. The predicted octanol–water partition coefficient (Wildman–Crippen LogP) is 2.86. The molecule has 158 valence electrons. The molecular formula is C20H20N2O7S. The van der Waals surface area contributed by atoms with Gasteiger partial charge in [0.1, 0.15) is 6.54 Å². The van der Waals surface area contributed by atoms with E-state index in [2.05, 4.69) is 0 Å². The number of amides is 1. The number of carboxylic acid groups (broad SMARTS) is 1. The first kappa shape index (κ1) is 22.9. The molecule has 0 saturated carbocycles. The van der Waals surface area contributed by atoms with Gasteiger partial charge in [-0.1, -0.05) is 42.1 Å². The third kappa shape index (κ3) is 6.31. The minimum Gasteiger partial charge on any atom is -0.502 e. The van der Waals surface area contributed by atoms with Crippen molar-refractivity contribution in [1.29, 1.82) is 0 Å². The van der Waals surface area contributed by atoms with Crippen molar-refractivity contribution in [1.82, 2.24) is 0 Å². The molecule has 1 amide bonds. The van der Waals surface area contributed by atoms with Crippen LogP contribution in [-0.4, -0.2) is 44.4 Å². The minimum absolute atomic E-state index is 0.0298. The van der Waals surface area contributed by atoms with E-state index in [0.717, 1.165) is 34.4 Å². The first-order valence-electron chi connectivity index (χ1n) is 8.87. The molecule has 2 rings (SSSR count). The van der Waals surface area contributed by atoms with Gasteiger partial charge >= 0.3 is 11.7 Å². The quantitative estimate of drug-likeness (QED) is 0.456. The fraction of sp³-hybridized carbons (Fsp3) is 0.250. The molecule has 0 bridgehead atoms. The van der Waals surface area contributed by atoms with E-state index >= 15 is 0 Å². The van der Waals surface area contributed by atoms with Gasteiger partial charge in [-0.05, 0) is 24.1 Å². The molecule has 0 saturated heterocycles. The number of anilines is 1. The first-order chi connectivity index (χ1) is 14.2. The number of carbonyl (C=O) groups is 3. The van der Waals surface area contributed by atoms with Crippen molar-refractivity contribution in [3.05, 3.63) is 64.2 Å². The maximum atomic E-state index is 13.3. The van der Waals surface area contributed by atoms with Crippen LogP contribution in [-0.2, 0) is 20.8 Å². The molecule has 9 nitrogen and oxygen atoms in total. The van der Waals surface area contributed by atoms with Gasteiger partial charge in [0.25, 0.3) is 0 Å². The van der Waals surface area contributed by atoms with Crippen LogP contribution in [0.3, 0.4) is 0 Å². The molecule has 0 aromatic heterocycles. The number of hydrogen-bond donors (Lipinski definition) is 2. The van der Waals surface area contributed by atoms with E-state index in [1.54, 1.807) is 12.1 Å². The highest BCUT2D eigenvalue weighted by molar-refractivity contribution is 8.13. The van der Waals surface area contributed by atoms with Crippen LogP contribution in [0.5, 0.6) is 5.75 Å². The lowest BCUT2D eigenvalue weighted by atomic mass is 9.99. The van der Waals surface area contributed by atoms with Crippen LogP contribution >= 0.6 is 11.8 Å². The molecular weight excluding hydrogens is 412 g/mol. The topological polar surface area (TPSA) is 138 Å². The Morgan fingerprint density at radius 1 is 1.17 bits per heavy atom. The standard InChI is InChI=1S/C20H20N2O7S/c1-13(23)30-12-15(9-14-5-3-2-4-6-14)20(27)21(11-19(25)26)16-7-8-18(24)17(10-16)22(28)29/h2-8,10,15,24H,9,11-12H2,1H3,(H,25,26). The largest absolute Gasteiger partial charge is 0.502 e. The van der Waals surface area contributed by atoms with Crippen molar-refractivity contribution in [2.45, 2.75) is 13.3 Å². The highest BCUT2D eigenvalue weighted by atomic mass is 32.2. The van der Waals surface area contributed by atoms with Crippen LogP contribution in [0, 0.1) is 16.0 Å². The summed E-state index contributed by atoms with van der Waals surface area (Å²) in [7, 11) is 0. The van der Waals surface area contributed by atoms with Crippen molar-refractivity contribution in [3.8, 4) is 5.75 Å². The van der Waals surface area contributed by atoms with E-state index in [9.17, 15) is 34.7 Å². The highest BCUT2D eigenvalue weighted by Crippen LogP contribution is 2.31. The second kappa shape index (κ2) is 10.4. The van der Waals surface area contributed by atoms with E-state index in [4.69, 9.17) is 0 Å². The molecule has 10 heteroatoms. The second-order valence-electron chi connectivity index (χ2n) is 6.44. The lowest BCUT2D eigenvalue weighted by molar-refractivity contribution is -0.385. The van der Waals surface area contributed by atoms with Crippen LogP contribution < -0.4 is 4.90 Å². The van der Waals surface area contributed by atoms with Gasteiger partial charge in [-0.15, -0.1) is 0 Å². The van der Waals surface area contributed by atoms with Crippen LogP contribution in [0.25, 0.3) is 0 Å². The van der Waals surface area contributed by atoms with Crippen molar-refractivity contribution in [3.63, 3.8) is 0 Å². The normalized spacial score (nSPS) is 11.5. The molecule has 0 spiro atoms. The molecule has 2 aromatic carbocycles. The summed E-state index contributed by atoms with van der Waals surface area (Å²) in [5.74, 6) is -3.11. The molecule has 2 aromatic rings. The van der Waals surface area contributed by atoms with Crippen LogP contribution in [0.4, 0.5) is 11.4 Å². The zero-order chi connectivity index (χ0) is 22.3. The number of aliphatic carboxylic acids is 1. The summed E-state index contributed by atoms with van der Waals surface area (Å²) in [5, 5.41) is 29.9. The summed E-state index contributed by atoms with van der Waals surface area (Å²) in [6.45, 7) is 0.643. The van der Waals surface area contributed by atoms with Gasteiger partial charge in [0.2, 0.25) is 5.91 Å². The lowest BCUT2D eigenvalue weighted by Gasteiger charge is -2.26. The Morgan fingerprint density at radius 2 is 1.83 bits per heavy atom. The Kier molecular flexibility index (Phi) is 7.93. The average Bonchev–Trinajstić information content (AvgIpc) is 2.69. The second-order valence-corrected chi connectivity index (χ2v) is 7.63. The Hall–Kier alpha value is -3.40. The molecule has 0 aliphatic carbocycles. The van der Waals surface area contributed by atoms with E-state index in [-0.39, 0.29) is 23.0 Å². The zero-order valence-corrected chi connectivity index (χ0v) is 16.9. The average molecular weight is 432 g/mol. The van der Waals surface area contributed by atoms with E-state index < -0.39 is 40.7 Å². The summed E-state index contributed by atoms with van der Waals surface area (Å²) in [5.41, 5.74) is 0.151. The number of carboxylic acids is 1. The Morgan fingerprint density at radius 3 is 2.40 bits per heavy atom. The molecule has 2 N–H and O–H groups in total. The third-order valence-corrected chi connectivity index (χ3v) is 5.16. The van der Waals surface area contributed by atoms with Crippen molar-refractivity contribution >= 4 is 40.1 Å². The lowest BCUT2D eigenvalue weighted by Crippen LogP contribution is -2.41. The smallest absolute Gasteiger partial charge is 0.323 e. The molecule has 1 unspecified atom stereocenters. The molecule has 1 atom stereocenters. The zero-order valence-electron chi connectivity index (χ0n) is 16.1. The molecule has 0 aliphatic heterocycles. The fourth-order valence-electron chi connectivity index (χ4n) is 2.81. The number of nitro groups is 1. The number of nitrogens with zero attached hydrogens (tertiary/aromatic N) is 2. The number of aromatic hydroxyl groups is 1. The van der Waals surface area contributed by atoms with Gasteiger partial charge in [-0.3, -0.25) is 24.5 Å². The molecule has 0 radical (unpaired) electrons. The monoisotopic (exact) mass is 432 g/mol. The van der Waals surface area contributed by atoms with Crippen molar-refractivity contribution in [2.24, 2.45) is 5.92 Å². The van der Waals surface area contributed by atoms with Crippen molar-refractivity contribution < 1.29 is 29.5 Å². The van der Waals surface area contributed by atoms with Gasteiger partial charge in [0.15, 0.2) is 10.9 Å². The summed E-state index contributed by atoms with van der Waals surface area (Å²) in [4.78, 5) is 47.3. The van der Waals surface area contributed by atoms with E-state index in [1.807, 2.05) is 18.2 Å². The Labute approximate surface area is 176 Å². The number of carbonyl (C=O) groups excluding carboxylic acids is 2. The number of rotatable bonds is 9. The summed E-state index contributed by atoms with van der Waals surface area (Å²) in [6.07, 6.45) is 0.260. The van der Waals surface area contributed by atoms with E-state index in [1.165, 1.54) is 13.0 Å². The molecule has 0 aliphatic rings. The van der Waals surface area contributed by atoms with Crippen LogP contribution in [0.2, 0.25) is 0 Å². The number of phenolic OH excluding ortho intramolecular Hbond substituents is 1. The maximum absolute atomic E-state index is 13.3. The molecule has 30 heavy (non-hydrogen) atoms. The van der Waals surface area contributed by atoms with Crippen LogP contribution in [0.1, 0.15) is 12.5 Å². The third-order valence-electron chi connectivity index (χ3n) is 4.19. The van der Waals surface area contributed by atoms with Crippen molar-refractivity contribution in [2.75, 3.05) is 17.2 Å². The molecule has 0 heterocycles. The van der Waals surface area contributed by atoms with Gasteiger partial charge in [0, 0.05) is 18.7 Å². The summed E-state index contributed by atoms with van der Waals surface area (Å²) >= 11 is 0.947. The minimum atomic E-state index is -1.31. The van der Waals surface area contributed by atoms with Gasteiger partial charge in [-0.2, -0.15) is 0 Å². The summed E-state index contributed by atoms with van der Waals surface area (Å²) < 4.78 is 0. The number of thioether (sulfide) groups is 1. The van der Waals surface area contributed by atoms with Gasteiger partial charge in [0.05, 0.1) is 16.5 Å². The Bertz CT molecular complexity index is 949. The Balaban J connectivity index is 2.42. The van der Waals surface area contributed by atoms with Gasteiger partial charge in [-0.25, -0.2) is 0 Å².